The van der Waals surface area contributed by atoms with E-state index in [9.17, 15) is 4.79 Å². The molecule has 3 aromatic rings. The molecule has 1 N–H and O–H groups in total. The largest absolute Gasteiger partial charge is 0.342 e. The summed E-state index contributed by atoms with van der Waals surface area (Å²) in [6.45, 7) is 1.57. The maximum Gasteiger partial charge on any atom is 0.226 e. The number of rotatable bonds is 2. The molecule has 1 aliphatic heterocycles. The van der Waals surface area contributed by atoms with E-state index in [1.165, 1.54) is 11.3 Å². The van der Waals surface area contributed by atoms with Gasteiger partial charge in [-0.1, -0.05) is 18.2 Å². The van der Waals surface area contributed by atoms with E-state index in [1.54, 1.807) is 6.33 Å². The van der Waals surface area contributed by atoms with E-state index < -0.39 is 0 Å². The van der Waals surface area contributed by atoms with Crippen LogP contribution in [0.1, 0.15) is 35.7 Å². The SMILES string of the molecule is O=C(C1CCc2[nH]ncc2C1)N1CCC(c2ncnc3ccccc23)C1. The first-order chi connectivity index (χ1) is 12.8. The van der Waals surface area contributed by atoms with E-state index in [0.717, 1.165) is 55.4 Å². The summed E-state index contributed by atoms with van der Waals surface area (Å²) in [6, 6.07) is 8.12. The smallest absolute Gasteiger partial charge is 0.226 e. The minimum Gasteiger partial charge on any atom is -0.342 e. The lowest BCUT2D eigenvalue weighted by Crippen LogP contribution is -2.36. The molecule has 0 saturated carbocycles. The van der Waals surface area contributed by atoms with Crippen molar-refractivity contribution in [2.75, 3.05) is 13.1 Å². The number of likely N-dealkylation sites (tertiary alicyclic amines) is 1. The van der Waals surface area contributed by atoms with Gasteiger partial charge in [0.05, 0.1) is 17.4 Å². The van der Waals surface area contributed by atoms with E-state index in [4.69, 9.17) is 0 Å². The number of para-hydroxylation sites is 1. The molecule has 1 fully saturated rings. The number of fused-ring (bicyclic) bond motifs is 2. The van der Waals surface area contributed by atoms with E-state index >= 15 is 0 Å². The quantitative estimate of drug-likeness (QED) is 0.773. The summed E-state index contributed by atoms with van der Waals surface area (Å²) in [5.74, 6) is 0.665. The van der Waals surface area contributed by atoms with Crippen LogP contribution in [-0.2, 0) is 17.6 Å². The molecule has 1 amide bonds. The number of carbonyl (C=O) groups excluding carboxylic acids is 1. The summed E-state index contributed by atoms with van der Waals surface area (Å²) in [6.07, 6.45) is 7.11. The molecule has 3 heterocycles. The van der Waals surface area contributed by atoms with Gasteiger partial charge >= 0.3 is 0 Å². The molecule has 1 aliphatic carbocycles. The lowest BCUT2D eigenvalue weighted by atomic mass is 9.87. The molecule has 2 aromatic heterocycles. The molecule has 1 saturated heterocycles. The fourth-order valence-electron chi connectivity index (χ4n) is 4.42. The zero-order chi connectivity index (χ0) is 17.5. The fraction of sp³-hybridized carbons (Fsp3) is 0.400. The van der Waals surface area contributed by atoms with Crippen molar-refractivity contribution in [3.63, 3.8) is 0 Å². The summed E-state index contributed by atoms with van der Waals surface area (Å²) >= 11 is 0. The standard InChI is InChI=1S/C20H21N5O/c26-20(13-5-6-17-15(9-13)10-23-24-17)25-8-7-14(11-25)19-16-3-1-2-4-18(16)21-12-22-19/h1-4,10,12-14H,5-9,11H2,(H,23,24). The molecule has 2 atom stereocenters. The summed E-state index contributed by atoms with van der Waals surface area (Å²) in [5.41, 5.74) is 4.45. The number of amides is 1. The Bertz CT molecular complexity index is 960. The van der Waals surface area contributed by atoms with Crippen molar-refractivity contribution in [2.24, 2.45) is 5.92 Å². The van der Waals surface area contributed by atoms with Gasteiger partial charge in [-0.15, -0.1) is 0 Å². The number of aryl methyl sites for hydroxylation is 1. The molecule has 132 valence electrons. The third-order valence-corrected chi connectivity index (χ3v) is 5.83. The Labute approximate surface area is 151 Å². The van der Waals surface area contributed by atoms with Crippen molar-refractivity contribution in [2.45, 2.75) is 31.6 Å². The maximum absolute atomic E-state index is 13.0. The van der Waals surface area contributed by atoms with Gasteiger partial charge in [-0.2, -0.15) is 5.10 Å². The van der Waals surface area contributed by atoms with Crippen LogP contribution in [0.25, 0.3) is 10.9 Å². The molecule has 6 nitrogen and oxygen atoms in total. The number of benzene rings is 1. The number of H-pyrrole nitrogens is 1. The zero-order valence-corrected chi connectivity index (χ0v) is 14.6. The molecular weight excluding hydrogens is 326 g/mol. The number of nitrogens with zero attached hydrogens (tertiary/aromatic N) is 4. The van der Waals surface area contributed by atoms with Gasteiger partial charge in [-0.05, 0) is 37.3 Å². The molecule has 2 unspecified atom stereocenters. The Hall–Kier alpha value is -2.76. The Morgan fingerprint density at radius 3 is 3.08 bits per heavy atom. The van der Waals surface area contributed by atoms with E-state index in [2.05, 4.69) is 26.2 Å². The highest BCUT2D eigenvalue weighted by Crippen LogP contribution is 2.32. The minimum absolute atomic E-state index is 0.0843. The fourth-order valence-corrected chi connectivity index (χ4v) is 4.42. The second-order valence-electron chi connectivity index (χ2n) is 7.36. The molecule has 26 heavy (non-hydrogen) atoms. The van der Waals surface area contributed by atoms with Crippen LogP contribution in [0.15, 0.2) is 36.8 Å². The van der Waals surface area contributed by atoms with Crippen molar-refractivity contribution in [1.29, 1.82) is 0 Å². The van der Waals surface area contributed by atoms with Crippen LogP contribution in [-0.4, -0.2) is 44.1 Å². The van der Waals surface area contributed by atoms with Gasteiger partial charge in [-0.25, -0.2) is 9.97 Å². The predicted octanol–water partition coefficient (Wildman–Crippen LogP) is 2.47. The van der Waals surface area contributed by atoms with Gasteiger partial charge in [0.1, 0.15) is 6.33 Å². The molecule has 0 spiro atoms. The van der Waals surface area contributed by atoms with Crippen molar-refractivity contribution in [1.82, 2.24) is 25.1 Å². The number of hydrogen-bond acceptors (Lipinski definition) is 4. The highest BCUT2D eigenvalue weighted by molar-refractivity contribution is 5.82. The topological polar surface area (TPSA) is 74.8 Å². The lowest BCUT2D eigenvalue weighted by molar-refractivity contribution is -0.134. The summed E-state index contributed by atoms with van der Waals surface area (Å²) in [4.78, 5) is 24.0. The van der Waals surface area contributed by atoms with Gasteiger partial charge in [0, 0.05) is 36.0 Å². The highest BCUT2D eigenvalue weighted by Gasteiger charge is 2.34. The van der Waals surface area contributed by atoms with Crippen LogP contribution in [0.3, 0.4) is 0 Å². The number of carbonyl (C=O) groups is 1. The molecule has 1 aromatic carbocycles. The number of aromatic amines is 1. The van der Waals surface area contributed by atoms with E-state index in [0.29, 0.717) is 5.92 Å². The van der Waals surface area contributed by atoms with Crippen LogP contribution < -0.4 is 0 Å². The van der Waals surface area contributed by atoms with Crippen LogP contribution >= 0.6 is 0 Å². The Kier molecular flexibility index (Phi) is 3.69. The van der Waals surface area contributed by atoms with Gasteiger partial charge in [0.25, 0.3) is 0 Å². The maximum atomic E-state index is 13.0. The van der Waals surface area contributed by atoms with Gasteiger partial charge in [0.2, 0.25) is 5.91 Å². The predicted molar refractivity (Wildman–Crippen MR) is 97.6 cm³/mol. The van der Waals surface area contributed by atoms with Crippen molar-refractivity contribution < 1.29 is 4.79 Å². The first-order valence-corrected chi connectivity index (χ1v) is 9.29. The average molecular weight is 347 g/mol. The number of aromatic nitrogens is 4. The molecular formula is C20H21N5O. The number of hydrogen-bond donors (Lipinski definition) is 1. The second kappa shape index (κ2) is 6.20. The second-order valence-corrected chi connectivity index (χ2v) is 7.36. The third-order valence-electron chi connectivity index (χ3n) is 5.83. The third kappa shape index (κ3) is 2.57. The summed E-state index contributed by atoms with van der Waals surface area (Å²) in [7, 11) is 0. The Balaban J connectivity index is 1.33. The van der Waals surface area contributed by atoms with Gasteiger partial charge < -0.3 is 4.90 Å². The Morgan fingerprint density at radius 2 is 2.12 bits per heavy atom. The summed E-state index contributed by atoms with van der Waals surface area (Å²) < 4.78 is 0. The van der Waals surface area contributed by atoms with Crippen molar-refractivity contribution in [3.05, 3.63) is 53.7 Å². The molecule has 0 bridgehead atoms. The normalized spacial score (nSPS) is 22.5. The van der Waals surface area contributed by atoms with Crippen LogP contribution in [0, 0.1) is 5.92 Å². The lowest BCUT2D eigenvalue weighted by Gasteiger charge is -2.26. The summed E-state index contributed by atoms with van der Waals surface area (Å²) in [5, 5.41) is 8.26. The van der Waals surface area contributed by atoms with E-state index in [1.807, 2.05) is 29.3 Å². The van der Waals surface area contributed by atoms with Crippen molar-refractivity contribution >= 4 is 16.8 Å². The Morgan fingerprint density at radius 1 is 1.19 bits per heavy atom. The van der Waals surface area contributed by atoms with Crippen LogP contribution in [0.5, 0.6) is 0 Å². The van der Waals surface area contributed by atoms with Crippen LogP contribution in [0.4, 0.5) is 0 Å². The van der Waals surface area contributed by atoms with E-state index in [-0.39, 0.29) is 11.8 Å². The van der Waals surface area contributed by atoms with Crippen molar-refractivity contribution in [3.8, 4) is 0 Å². The number of nitrogens with one attached hydrogen (secondary N) is 1. The van der Waals surface area contributed by atoms with Crippen LogP contribution in [0.2, 0.25) is 0 Å². The highest BCUT2D eigenvalue weighted by atomic mass is 16.2. The molecule has 2 aliphatic rings. The first-order valence-electron chi connectivity index (χ1n) is 9.29. The monoisotopic (exact) mass is 347 g/mol. The molecule has 6 heteroatoms. The first kappa shape index (κ1) is 15.5. The molecule has 0 radical (unpaired) electrons. The van der Waals surface area contributed by atoms with Gasteiger partial charge in [0.15, 0.2) is 0 Å². The minimum atomic E-state index is 0.0843. The zero-order valence-electron chi connectivity index (χ0n) is 14.6. The average Bonchev–Trinajstić information content (AvgIpc) is 3.36. The van der Waals surface area contributed by atoms with Gasteiger partial charge in [-0.3, -0.25) is 9.89 Å². The molecule has 5 rings (SSSR count).